The molecule has 5 aromatic rings. The normalized spacial score (nSPS) is 15.5. The molecule has 3 aromatic carbocycles. The van der Waals surface area contributed by atoms with Crippen LogP contribution in [0.3, 0.4) is 0 Å². The fraction of sp³-hybridized carbons (Fsp3) is 0.250. The van der Waals surface area contributed by atoms with Crippen molar-refractivity contribution in [3.8, 4) is 5.75 Å². The van der Waals surface area contributed by atoms with Crippen LogP contribution in [0, 0.1) is 0 Å². The van der Waals surface area contributed by atoms with Crippen LogP contribution in [0.15, 0.2) is 107 Å². The van der Waals surface area contributed by atoms with Crippen molar-refractivity contribution in [3.05, 3.63) is 103 Å². The summed E-state index contributed by atoms with van der Waals surface area (Å²) in [6.45, 7) is 3.87. The van der Waals surface area contributed by atoms with Crippen molar-refractivity contribution < 1.29 is 21.0 Å². The number of fused-ring (bicyclic) bond motifs is 2. The molecule has 0 aliphatic carbocycles. The topological polar surface area (TPSA) is 122 Å². The average Bonchev–Trinajstić information content (AvgIpc) is 3.04. The van der Waals surface area contributed by atoms with Crippen LogP contribution in [0.5, 0.6) is 5.75 Å². The van der Waals surface area contributed by atoms with E-state index in [0.29, 0.717) is 29.1 Å². The van der Waals surface area contributed by atoms with E-state index in [1.807, 2.05) is 6.07 Å². The molecule has 3 heterocycles. The molecular weight excluding hydrogens is 599 g/mol. The Morgan fingerprint density at radius 3 is 2.05 bits per heavy atom. The summed E-state index contributed by atoms with van der Waals surface area (Å²) in [6, 6.07) is 19.9. The molecule has 0 amide bonds. The lowest BCUT2D eigenvalue weighted by molar-refractivity contribution is 0.190. The fourth-order valence-electron chi connectivity index (χ4n) is 5.60. The van der Waals surface area contributed by atoms with Crippen LogP contribution in [0.4, 0.5) is 0 Å². The summed E-state index contributed by atoms with van der Waals surface area (Å²) in [6.07, 6.45) is 6.83. The van der Waals surface area contributed by atoms with Crippen LogP contribution in [-0.4, -0.2) is 81.8 Å². The number of piperazine rings is 1. The van der Waals surface area contributed by atoms with Crippen LogP contribution in [0.25, 0.3) is 21.5 Å². The molecule has 1 aliphatic rings. The summed E-state index contributed by atoms with van der Waals surface area (Å²) in [4.78, 5) is 10.8. The molecule has 6 rings (SSSR count). The zero-order chi connectivity index (χ0) is 30.7. The van der Waals surface area contributed by atoms with Crippen molar-refractivity contribution in [2.75, 3.05) is 39.8 Å². The SMILES string of the molecule is CN(C(Cc1ccc(OS(=O)(=O)c2cccc3cnccc23)cc1)CN1CCNCC1)S(=O)(=O)c1cccc2cnccc12. The first kappa shape index (κ1) is 30.1. The molecule has 2 aromatic heterocycles. The van der Waals surface area contributed by atoms with E-state index < -0.39 is 20.1 Å². The summed E-state index contributed by atoms with van der Waals surface area (Å²) in [5.74, 6) is 0.170. The van der Waals surface area contributed by atoms with Crippen molar-refractivity contribution in [2.24, 2.45) is 0 Å². The van der Waals surface area contributed by atoms with Gasteiger partial charge in [0, 0.05) is 92.1 Å². The first-order valence-electron chi connectivity index (χ1n) is 14.3. The van der Waals surface area contributed by atoms with E-state index >= 15 is 0 Å². The van der Waals surface area contributed by atoms with Gasteiger partial charge in [-0.3, -0.25) is 14.9 Å². The zero-order valence-electron chi connectivity index (χ0n) is 24.2. The molecule has 1 N–H and O–H groups in total. The average molecular weight is 632 g/mol. The molecule has 44 heavy (non-hydrogen) atoms. The van der Waals surface area contributed by atoms with Gasteiger partial charge in [-0.15, -0.1) is 0 Å². The van der Waals surface area contributed by atoms with Crippen molar-refractivity contribution in [3.63, 3.8) is 0 Å². The molecule has 0 saturated carbocycles. The van der Waals surface area contributed by atoms with Crippen LogP contribution < -0.4 is 9.50 Å². The standard InChI is InChI=1S/C32H33N5O5S2/c1-36(43(38,39)31-6-2-4-25-21-34-14-12-29(25)31)27(23-37-18-16-33-17-19-37)20-24-8-10-28(11-9-24)42-44(40,41)32-7-3-5-26-22-35-15-13-30(26)32/h2-15,21-22,27,33H,16-20,23H2,1H3. The number of rotatable bonds is 10. The first-order chi connectivity index (χ1) is 21.2. The molecule has 1 unspecified atom stereocenters. The minimum Gasteiger partial charge on any atom is -0.379 e. The van der Waals surface area contributed by atoms with Crippen LogP contribution >= 0.6 is 0 Å². The number of pyridine rings is 2. The maximum atomic E-state index is 14.0. The van der Waals surface area contributed by atoms with Gasteiger partial charge in [0.05, 0.1) is 4.90 Å². The van der Waals surface area contributed by atoms with Gasteiger partial charge in [0.15, 0.2) is 0 Å². The first-order valence-corrected chi connectivity index (χ1v) is 17.2. The Bertz CT molecular complexity index is 1990. The van der Waals surface area contributed by atoms with E-state index in [2.05, 4.69) is 20.2 Å². The third kappa shape index (κ3) is 6.30. The summed E-state index contributed by atoms with van der Waals surface area (Å²) < 4.78 is 61.4. The summed E-state index contributed by atoms with van der Waals surface area (Å²) in [5, 5.41) is 5.95. The molecule has 0 spiro atoms. The van der Waals surface area contributed by atoms with E-state index in [-0.39, 0.29) is 21.6 Å². The highest BCUT2D eigenvalue weighted by atomic mass is 32.2. The Kier molecular flexibility index (Phi) is 8.61. The summed E-state index contributed by atoms with van der Waals surface area (Å²) in [5.41, 5.74) is 0.857. The molecule has 10 nitrogen and oxygen atoms in total. The lowest BCUT2D eigenvalue weighted by atomic mass is 10.1. The van der Waals surface area contributed by atoms with E-state index in [1.54, 1.807) is 92.5 Å². The number of hydrogen-bond acceptors (Lipinski definition) is 9. The molecule has 0 radical (unpaired) electrons. The maximum absolute atomic E-state index is 14.0. The van der Waals surface area contributed by atoms with Crippen molar-refractivity contribution in [1.82, 2.24) is 24.5 Å². The number of aromatic nitrogens is 2. The number of likely N-dealkylation sites (N-methyl/N-ethyl adjacent to an activating group) is 1. The molecular formula is C32H33N5O5S2. The predicted octanol–water partition coefficient (Wildman–Crippen LogP) is 3.69. The second-order valence-corrected chi connectivity index (χ2v) is 14.3. The zero-order valence-corrected chi connectivity index (χ0v) is 25.8. The number of benzene rings is 3. The number of sulfonamides is 1. The van der Waals surface area contributed by atoms with Gasteiger partial charge in [-0.25, -0.2) is 8.42 Å². The molecule has 1 fully saturated rings. The Balaban J connectivity index is 1.25. The monoisotopic (exact) mass is 631 g/mol. The van der Waals surface area contributed by atoms with Gasteiger partial charge in [-0.2, -0.15) is 12.7 Å². The highest BCUT2D eigenvalue weighted by Gasteiger charge is 2.31. The molecule has 1 atom stereocenters. The highest BCUT2D eigenvalue weighted by molar-refractivity contribution is 7.89. The Hall–Kier alpha value is -3.94. The Morgan fingerprint density at radius 1 is 0.818 bits per heavy atom. The summed E-state index contributed by atoms with van der Waals surface area (Å²) >= 11 is 0. The largest absolute Gasteiger partial charge is 0.379 e. The van der Waals surface area contributed by atoms with E-state index in [4.69, 9.17) is 4.18 Å². The molecule has 0 bridgehead atoms. The van der Waals surface area contributed by atoms with Gasteiger partial charge in [0.1, 0.15) is 10.6 Å². The molecule has 1 saturated heterocycles. The smallest absolute Gasteiger partial charge is 0.339 e. The number of hydrogen-bond donors (Lipinski definition) is 1. The van der Waals surface area contributed by atoms with Crippen LogP contribution in [-0.2, 0) is 26.6 Å². The van der Waals surface area contributed by atoms with Crippen LogP contribution in [0.1, 0.15) is 5.56 Å². The predicted molar refractivity (Wildman–Crippen MR) is 169 cm³/mol. The minimum atomic E-state index is -4.11. The third-order valence-corrected chi connectivity index (χ3v) is 11.3. The van der Waals surface area contributed by atoms with Gasteiger partial charge in [0.25, 0.3) is 0 Å². The minimum absolute atomic E-state index is 0.0635. The van der Waals surface area contributed by atoms with Gasteiger partial charge in [-0.05, 0) is 48.4 Å². The molecule has 228 valence electrons. The van der Waals surface area contributed by atoms with Crippen molar-refractivity contribution >= 4 is 41.7 Å². The van der Waals surface area contributed by atoms with Gasteiger partial charge in [0.2, 0.25) is 10.0 Å². The summed E-state index contributed by atoms with van der Waals surface area (Å²) in [7, 11) is -6.34. The van der Waals surface area contributed by atoms with Gasteiger partial charge in [-0.1, -0.05) is 36.4 Å². The number of nitrogens with zero attached hydrogens (tertiary/aromatic N) is 4. The fourth-order valence-corrected chi connectivity index (χ4v) is 8.32. The molecule has 12 heteroatoms. The van der Waals surface area contributed by atoms with E-state index in [1.165, 1.54) is 10.4 Å². The van der Waals surface area contributed by atoms with Crippen LogP contribution in [0.2, 0.25) is 0 Å². The second-order valence-electron chi connectivity index (χ2n) is 10.8. The Labute approximate surface area is 257 Å². The highest BCUT2D eigenvalue weighted by Crippen LogP contribution is 2.28. The van der Waals surface area contributed by atoms with Crippen molar-refractivity contribution in [1.29, 1.82) is 0 Å². The van der Waals surface area contributed by atoms with Gasteiger partial charge >= 0.3 is 10.1 Å². The second kappa shape index (κ2) is 12.6. The lowest BCUT2D eigenvalue weighted by Crippen LogP contribution is -2.51. The molecule has 1 aliphatic heterocycles. The lowest BCUT2D eigenvalue weighted by Gasteiger charge is -2.35. The van der Waals surface area contributed by atoms with E-state index in [9.17, 15) is 16.8 Å². The van der Waals surface area contributed by atoms with Gasteiger partial charge < -0.3 is 9.50 Å². The quantitative estimate of drug-likeness (QED) is 0.230. The number of nitrogens with one attached hydrogen (secondary N) is 1. The maximum Gasteiger partial charge on any atom is 0.339 e. The third-order valence-electron chi connectivity index (χ3n) is 8.00. The Morgan fingerprint density at radius 2 is 1.41 bits per heavy atom. The van der Waals surface area contributed by atoms with E-state index in [0.717, 1.165) is 37.1 Å². The van der Waals surface area contributed by atoms with Crippen molar-refractivity contribution in [2.45, 2.75) is 22.3 Å².